The van der Waals surface area contributed by atoms with Crippen LogP contribution in [-0.4, -0.2) is 6.61 Å². The Morgan fingerprint density at radius 2 is 2.07 bits per heavy atom. The minimum atomic E-state index is 0.445. The van der Waals surface area contributed by atoms with Crippen LogP contribution in [0.1, 0.15) is 38.7 Å². The molecule has 0 amide bonds. The van der Waals surface area contributed by atoms with Gasteiger partial charge in [0.25, 0.3) is 0 Å². The van der Waals surface area contributed by atoms with Gasteiger partial charge in [-0.2, -0.15) is 0 Å². The van der Waals surface area contributed by atoms with E-state index in [2.05, 4.69) is 26.8 Å². The third-order valence-corrected chi connectivity index (χ3v) is 2.37. The van der Waals surface area contributed by atoms with Crippen LogP contribution in [0.2, 0.25) is 5.02 Å². The number of halogens is 1. The maximum Gasteiger partial charge on any atom is 0.141 e. The fraction of sp³-hybridized carbons (Fsp3) is 0.500. The zero-order chi connectivity index (χ0) is 10.6. The van der Waals surface area contributed by atoms with Crippen molar-refractivity contribution >= 4 is 11.6 Å². The molecule has 0 unspecified atom stereocenters. The van der Waals surface area contributed by atoms with Crippen molar-refractivity contribution in [3.63, 3.8) is 0 Å². The maximum atomic E-state index is 6.08. The van der Waals surface area contributed by atoms with Crippen molar-refractivity contribution in [2.75, 3.05) is 6.61 Å². The Morgan fingerprint density at radius 1 is 1.36 bits per heavy atom. The van der Waals surface area contributed by atoms with Crippen LogP contribution < -0.4 is 4.74 Å². The minimum Gasteiger partial charge on any atom is -0.492 e. The first-order valence-electron chi connectivity index (χ1n) is 5.08. The van der Waals surface area contributed by atoms with Gasteiger partial charge < -0.3 is 4.74 Å². The Balaban J connectivity index is 2.96. The smallest absolute Gasteiger partial charge is 0.141 e. The van der Waals surface area contributed by atoms with Crippen LogP contribution in [-0.2, 0) is 0 Å². The molecular formula is C12H17ClO. The lowest BCUT2D eigenvalue weighted by atomic mass is 10.0. The number of hydrogen-bond acceptors (Lipinski definition) is 1. The third-order valence-electron chi connectivity index (χ3n) is 2.07. The first-order chi connectivity index (χ1) is 6.66. The van der Waals surface area contributed by atoms with Gasteiger partial charge in [0.15, 0.2) is 0 Å². The van der Waals surface area contributed by atoms with E-state index in [-0.39, 0.29) is 0 Å². The highest BCUT2D eigenvalue weighted by atomic mass is 35.5. The average molecular weight is 213 g/mol. The van der Waals surface area contributed by atoms with Crippen LogP contribution in [0.3, 0.4) is 0 Å². The van der Waals surface area contributed by atoms with E-state index in [0.717, 1.165) is 18.8 Å². The maximum absolute atomic E-state index is 6.08. The van der Waals surface area contributed by atoms with E-state index in [1.165, 1.54) is 5.56 Å². The normalized spacial score (nSPS) is 10.6. The largest absolute Gasteiger partial charge is 0.492 e. The van der Waals surface area contributed by atoms with Crippen LogP contribution in [0.25, 0.3) is 0 Å². The molecule has 1 aromatic rings. The Kier molecular flexibility index (Phi) is 4.27. The molecule has 0 bridgehead atoms. The van der Waals surface area contributed by atoms with Gasteiger partial charge in [-0.25, -0.2) is 0 Å². The Morgan fingerprint density at radius 3 is 2.64 bits per heavy atom. The van der Waals surface area contributed by atoms with E-state index in [9.17, 15) is 0 Å². The van der Waals surface area contributed by atoms with E-state index in [1.54, 1.807) is 0 Å². The molecular weight excluding hydrogens is 196 g/mol. The molecule has 0 fully saturated rings. The van der Waals surface area contributed by atoms with Gasteiger partial charge in [-0.05, 0) is 24.0 Å². The number of rotatable bonds is 4. The SMILES string of the molecule is CCCOc1c(Cl)cccc1C(C)C. The highest BCUT2D eigenvalue weighted by Gasteiger charge is 2.10. The summed E-state index contributed by atoms with van der Waals surface area (Å²) in [4.78, 5) is 0. The summed E-state index contributed by atoms with van der Waals surface area (Å²) in [5, 5.41) is 0.713. The number of para-hydroxylation sites is 1. The van der Waals surface area contributed by atoms with Gasteiger partial charge in [-0.3, -0.25) is 0 Å². The second-order valence-electron chi connectivity index (χ2n) is 3.66. The van der Waals surface area contributed by atoms with Crippen LogP contribution in [0.15, 0.2) is 18.2 Å². The van der Waals surface area contributed by atoms with Gasteiger partial charge in [0.2, 0.25) is 0 Å². The predicted molar refractivity (Wildman–Crippen MR) is 61.3 cm³/mol. The molecule has 14 heavy (non-hydrogen) atoms. The summed E-state index contributed by atoms with van der Waals surface area (Å²) >= 11 is 6.08. The summed E-state index contributed by atoms with van der Waals surface area (Å²) in [5.74, 6) is 1.30. The van der Waals surface area contributed by atoms with E-state index in [4.69, 9.17) is 16.3 Å². The minimum absolute atomic E-state index is 0.445. The van der Waals surface area contributed by atoms with Gasteiger partial charge in [-0.1, -0.05) is 44.5 Å². The van der Waals surface area contributed by atoms with Crippen LogP contribution >= 0.6 is 11.6 Å². The third kappa shape index (κ3) is 2.65. The molecule has 0 saturated carbocycles. The van der Waals surface area contributed by atoms with E-state index >= 15 is 0 Å². The van der Waals surface area contributed by atoms with Crippen LogP contribution in [0.5, 0.6) is 5.75 Å². The molecule has 1 aromatic carbocycles. The zero-order valence-electron chi connectivity index (χ0n) is 9.01. The summed E-state index contributed by atoms with van der Waals surface area (Å²) in [5.41, 5.74) is 1.19. The van der Waals surface area contributed by atoms with Crippen molar-refractivity contribution in [1.29, 1.82) is 0 Å². The molecule has 0 N–H and O–H groups in total. The van der Waals surface area contributed by atoms with E-state index in [1.807, 2.05) is 12.1 Å². The predicted octanol–water partition coefficient (Wildman–Crippen LogP) is 4.25. The molecule has 0 saturated heterocycles. The van der Waals surface area contributed by atoms with Crippen molar-refractivity contribution in [1.82, 2.24) is 0 Å². The molecule has 1 rings (SSSR count). The van der Waals surface area contributed by atoms with Gasteiger partial charge >= 0.3 is 0 Å². The van der Waals surface area contributed by atoms with Crippen LogP contribution in [0.4, 0.5) is 0 Å². The molecule has 78 valence electrons. The fourth-order valence-corrected chi connectivity index (χ4v) is 1.57. The summed E-state index contributed by atoms with van der Waals surface area (Å²) in [6, 6.07) is 5.91. The molecule has 0 atom stereocenters. The summed E-state index contributed by atoms with van der Waals surface area (Å²) < 4.78 is 5.65. The van der Waals surface area contributed by atoms with Gasteiger partial charge in [0.1, 0.15) is 5.75 Å². The second kappa shape index (κ2) is 5.26. The average Bonchev–Trinajstić information content (AvgIpc) is 2.15. The van der Waals surface area contributed by atoms with Gasteiger partial charge in [-0.15, -0.1) is 0 Å². The van der Waals surface area contributed by atoms with Crippen molar-refractivity contribution in [3.05, 3.63) is 28.8 Å². The van der Waals surface area contributed by atoms with E-state index in [0.29, 0.717) is 10.9 Å². The van der Waals surface area contributed by atoms with Crippen LogP contribution in [0, 0.1) is 0 Å². The Bertz CT molecular complexity index is 294. The highest BCUT2D eigenvalue weighted by Crippen LogP contribution is 2.33. The molecule has 0 spiro atoms. The number of benzene rings is 1. The van der Waals surface area contributed by atoms with E-state index < -0.39 is 0 Å². The van der Waals surface area contributed by atoms with Crippen molar-refractivity contribution in [3.8, 4) is 5.75 Å². The summed E-state index contributed by atoms with van der Waals surface area (Å²) in [6.07, 6.45) is 1.00. The first-order valence-corrected chi connectivity index (χ1v) is 5.45. The summed E-state index contributed by atoms with van der Waals surface area (Å²) in [6.45, 7) is 7.10. The first kappa shape index (κ1) is 11.4. The topological polar surface area (TPSA) is 9.23 Å². The lowest BCUT2D eigenvalue weighted by Crippen LogP contribution is -2.00. The lowest BCUT2D eigenvalue weighted by molar-refractivity contribution is 0.313. The molecule has 0 aliphatic carbocycles. The molecule has 0 radical (unpaired) electrons. The monoisotopic (exact) mass is 212 g/mol. The molecule has 1 nitrogen and oxygen atoms in total. The molecule has 0 aliphatic rings. The van der Waals surface area contributed by atoms with Crippen molar-refractivity contribution < 1.29 is 4.74 Å². The van der Waals surface area contributed by atoms with Crippen molar-refractivity contribution in [2.24, 2.45) is 0 Å². The van der Waals surface area contributed by atoms with Gasteiger partial charge in [0.05, 0.1) is 11.6 Å². The molecule has 2 heteroatoms. The lowest BCUT2D eigenvalue weighted by Gasteiger charge is -2.14. The summed E-state index contributed by atoms with van der Waals surface area (Å²) in [7, 11) is 0. The molecule has 0 aromatic heterocycles. The Hall–Kier alpha value is -0.690. The number of hydrogen-bond donors (Lipinski definition) is 0. The Labute approximate surface area is 91.0 Å². The molecule has 0 aliphatic heterocycles. The standard InChI is InChI=1S/C12H17ClO/c1-4-8-14-12-10(9(2)3)6-5-7-11(12)13/h5-7,9H,4,8H2,1-3H3. The number of ether oxygens (including phenoxy) is 1. The molecule has 0 heterocycles. The highest BCUT2D eigenvalue weighted by molar-refractivity contribution is 6.32. The van der Waals surface area contributed by atoms with Gasteiger partial charge in [0, 0.05) is 0 Å². The zero-order valence-corrected chi connectivity index (χ0v) is 9.77. The van der Waals surface area contributed by atoms with Crippen molar-refractivity contribution in [2.45, 2.75) is 33.1 Å². The quantitative estimate of drug-likeness (QED) is 0.725. The second-order valence-corrected chi connectivity index (χ2v) is 4.07. The fourth-order valence-electron chi connectivity index (χ4n) is 1.34.